The molecule has 2 fully saturated rings. The van der Waals surface area contributed by atoms with Crippen molar-refractivity contribution < 1.29 is 9.53 Å². The highest BCUT2D eigenvalue weighted by molar-refractivity contribution is 5.91. The van der Waals surface area contributed by atoms with E-state index in [0.717, 1.165) is 51.9 Å². The highest BCUT2D eigenvalue weighted by Crippen LogP contribution is 2.42. The molecule has 1 unspecified atom stereocenters. The third-order valence-corrected chi connectivity index (χ3v) is 4.20. The van der Waals surface area contributed by atoms with E-state index < -0.39 is 0 Å². The zero-order valence-electron chi connectivity index (χ0n) is 12.4. The molecular weight excluding hydrogens is 242 g/mol. The minimum Gasteiger partial charge on any atom is -0.383 e. The standard InChI is InChI=1S/C14H27N3O2/c1-4-5-12-15-14(6-7-14)13(18)17(12)9-8-16(2)10-11-19-3/h12,15H,4-11H2,1-3H3. The molecule has 2 rings (SSSR count). The van der Waals surface area contributed by atoms with E-state index in [-0.39, 0.29) is 11.7 Å². The van der Waals surface area contributed by atoms with Gasteiger partial charge in [-0.2, -0.15) is 0 Å². The Bertz CT molecular complexity index is 318. The maximum absolute atomic E-state index is 12.4. The third-order valence-electron chi connectivity index (χ3n) is 4.20. The van der Waals surface area contributed by atoms with Gasteiger partial charge in [-0.1, -0.05) is 13.3 Å². The molecular formula is C14H27N3O2. The number of carbonyl (C=O) groups is 1. The SMILES string of the molecule is CCCC1NC2(CC2)C(=O)N1CCN(C)CCOC. The van der Waals surface area contributed by atoms with Crippen molar-refractivity contribution in [3.8, 4) is 0 Å². The quantitative estimate of drug-likeness (QED) is 0.703. The van der Waals surface area contributed by atoms with Gasteiger partial charge in [0.1, 0.15) is 0 Å². The van der Waals surface area contributed by atoms with Crippen LogP contribution in [0.5, 0.6) is 0 Å². The van der Waals surface area contributed by atoms with Gasteiger partial charge in [-0.3, -0.25) is 10.1 Å². The van der Waals surface area contributed by atoms with Crippen molar-refractivity contribution in [2.45, 2.75) is 44.3 Å². The first kappa shape index (κ1) is 14.8. The predicted octanol–water partition coefficient (Wildman–Crippen LogP) is 0.655. The maximum atomic E-state index is 12.4. The van der Waals surface area contributed by atoms with Crippen molar-refractivity contribution in [1.29, 1.82) is 0 Å². The second-order valence-corrected chi connectivity index (χ2v) is 5.83. The number of nitrogens with zero attached hydrogens (tertiary/aromatic N) is 2. The fraction of sp³-hybridized carbons (Fsp3) is 0.929. The summed E-state index contributed by atoms with van der Waals surface area (Å²) in [6.07, 6.45) is 4.44. The van der Waals surface area contributed by atoms with E-state index in [9.17, 15) is 4.79 Å². The molecule has 1 amide bonds. The fourth-order valence-electron chi connectivity index (χ4n) is 2.75. The molecule has 1 N–H and O–H groups in total. The first-order valence-electron chi connectivity index (χ1n) is 7.39. The van der Waals surface area contributed by atoms with Gasteiger partial charge in [0, 0.05) is 26.7 Å². The molecule has 1 aliphatic heterocycles. The Kier molecular flexibility index (Phi) is 4.81. The lowest BCUT2D eigenvalue weighted by Crippen LogP contribution is -2.42. The van der Waals surface area contributed by atoms with E-state index in [1.165, 1.54) is 0 Å². The highest BCUT2D eigenvalue weighted by atomic mass is 16.5. The lowest BCUT2D eigenvalue weighted by molar-refractivity contribution is -0.131. The molecule has 19 heavy (non-hydrogen) atoms. The number of rotatable bonds is 8. The lowest BCUT2D eigenvalue weighted by Gasteiger charge is -2.26. The Morgan fingerprint density at radius 3 is 2.79 bits per heavy atom. The summed E-state index contributed by atoms with van der Waals surface area (Å²) in [4.78, 5) is 16.7. The molecule has 1 heterocycles. The smallest absolute Gasteiger partial charge is 0.244 e. The number of carbonyl (C=O) groups excluding carboxylic acids is 1. The van der Waals surface area contributed by atoms with Gasteiger partial charge in [-0.25, -0.2) is 0 Å². The van der Waals surface area contributed by atoms with E-state index in [0.29, 0.717) is 5.91 Å². The van der Waals surface area contributed by atoms with Crippen LogP contribution in [0.1, 0.15) is 32.6 Å². The summed E-state index contributed by atoms with van der Waals surface area (Å²) in [7, 11) is 3.80. The van der Waals surface area contributed by atoms with Crippen LogP contribution in [0, 0.1) is 0 Å². The van der Waals surface area contributed by atoms with Gasteiger partial charge in [0.2, 0.25) is 5.91 Å². The molecule has 5 heteroatoms. The summed E-state index contributed by atoms with van der Waals surface area (Å²) in [6.45, 7) is 5.55. The van der Waals surface area contributed by atoms with Gasteiger partial charge in [-0.15, -0.1) is 0 Å². The van der Waals surface area contributed by atoms with E-state index >= 15 is 0 Å². The molecule has 1 saturated carbocycles. The molecule has 0 aromatic rings. The van der Waals surface area contributed by atoms with Crippen molar-refractivity contribution in [1.82, 2.24) is 15.1 Å². The average molecular weight is 269 g/mol. The summed E-state index contributed by atoms with van der Waals surface area (Å²) in [5.74, 6) is 0.325. The molecule has 5 nitrogen and oxygen atoms in total. The van der Waals surface area contributed by atoms with Crippen molar-refractivity contribution in [3.05, 3.63) is 0 Å². The predicted molar refractivity (Wildman–Crippen MR) is 74.9 cm³/mol. The second kappa shape index (κ2) is 6.20. The monoisotopic (exact) mass is 269 g/mol. The molecule has 0 aromatic carbocycles. The van der Waals surface area contributed by atoms with E-state index in [4.69, 9.17) is 4.74 Å². The largest absolute Gasteiger partial charge is 0.383 e. The number of ether oxygens (including phenoxy) is 1. The van der Waals surface area contributed by atoms with Gasteiger partial charge in [0.25, 0.3) is 0 Å². The third kappa shape index (κ3) is 3.27. The van der Waals surface area contributed by atoms with E-state index in [1.54, 1.807) is 7.11 Å². The summed E-state index contributed by atoms with van der Waals surface area (Å²) < 4.78 is 5.07. The number of likely N-dealkylation sites (N-methyl/N-ethyl adjacent to an activating group) is 1. The summed E-state index contributed by atoms with van der Waals surface area (Å²) in [6, 6.07) is 0. The first-order valence-corrected chi connectivity index (χ1v) is 7.39. The van der Waals surface area contributed by atoms with Gasteiger partial charge in [0.15, 0.2) is 0 Å². The van der Waals surface area contributed by atoms with Crippen molar-refractivity contribution in [3.63, 3.8) is 0 Å². The minimum atomic E-state index is -0.176. The van der Waals surface area contributed by atoms with Crippen LogP contribution in [0.4, 0.5) is 0 Å². The number of hydrogen-bond donors (Lipinski definition) is 1. The van der Waals surface area contributed by atoms with Gasteiger partial charge in [-0.05, 0) is 26.3 Å². The van der Waals surface area contributed by atoms with Crippen LogP contribution in [0.25, 0.3) is 0 Å². The zero-order valence-corrected chi connectivity index (χ0v) is 12.4. The summed E-state index contributed by atoms with van der Waals surface area (Å²) >= 11 is 0. The van der Waals surface area contributed by atoms with Gasteiger partial charge < -0.3 is 14.5 Å². The number of hydrogen-bond acceptors (Lipinski definition) is 4. The molecule has 110 valence electrons. The van der Waals surface area contributed by atoms with Crippen LogP contribution in [-0.2, 0) is 9.53 Å². The Morgan fingerprint density at radius 1 is 1.47 bits per heavy atom. The van der Waals surface area contributed by atoms with Crippen LogP contribution in [0.15, 0.2) is 0 Å². The second-order valence-electron chi connectivity index (χ2n) is 5.83. The van der Waals surface area contributed by atoms with Crippen LogP contribution >= 0.6 is 0 Å². The molecule has 0 aromatic heterocycles. The highest BCUT2D eigenvalue weighted by Gasteiger charge is 2.58. The normalized spacial score (nSPS) is 24.7. The topological polar surface area (TPSA) is 44.8 Å². The Balaban J connectivity index is 1.84. The molecule has 1 atom stereocenters. The van der Waals surface area contributed by atoms with Crippen molar-refractivity contribution >= 4 is 5.91 Å². The number of amides is 1. The fourth-order valence-corrected chi connectivity index (χ4v) is 2.75. The molecule has 2 aliphatic rings. The molecule has 1 saturated heterocycles. The molecule has 1 aliphatic carbocycles. The van der Waals surface area contributed by atoms with Crippen molar-refractivity contribution in [2.24, 2.45) is 0 Å². The number of methoxy groups -OCH3 is 1. The van der Waals surface area contributed by atoms with Crippen LogP contribution < -0.4 is 5.32 Å². The summed E-state index contributed by atoms with van der Waals surface area (Å²) in [5.41, 5.74) is -0.176. The molecule has 0 radical (unpaired) electrons. The van der Waals surface area contributed by atoms with Gasteiger partial charge >= 0.3 is 0 Å². The average Bonchev–Trinajstić information content (AvgIpc) is 3.12. The molecule has 0 bridgehead atoms. The summed E-state index contributed by atoms with van der Waals surface area (Å²) in [5, 5.41) is 3.54. The van der Waals surface area contributed by atoms with E-state index in [1.807, 2.05) is 0 Å². The number of nitrogens with one attached hydrogen (secondary N) is 1. The lowest BCUT2D eigenvalue weighted by atomic mass is 10.2. The maximum Gasteiger partial charge on any atom is 0.244 e. The first-order chi connectivity index (χ1) is 9.13. The van der Waals surface area contributed by atoms with Gasteiger partial charge in [0.05, 0.1) is 18.3 Å². The minimum absolute atomic E-state index is 0.176. The zero-order chi connectivity index (χ0) is 13.9. The van der Waals surface area contributed by atoms with Crippen LogP contribution in [0.3, 0.4) is 0 Å². The van der Waals surface area contributed by atoms with Crippen LogP contribution in [0.2, 0.25) is 0 Å². The van der Waals surface area contributed by atoms with E-state index in [2.05, 4.69) is 29.1 Å². The molecule has 1 spiro atoms. The Morgan fingerprint density at radius 2 is 2.21 bits per heavy atom. The Hall–Kier alpha value is -0.650. The van der Waals surface area contributed by atoms with Crippen LogP contribution in [-0.4, -0.2) is 67.8 Å². The van der Waals surface area contributed by atoms with Crippen molar-refractivity contribution in [2.75, 3.05) is 40.4 Å². The Labute approximate surface area is 116 Å².